The van der Waals surface area contributed by atoms with Crippen molar-refractivity contribution < 1.29 is 0 Å². The van der Waals surface area contributed by atoms with E-state index in [2.05, 4.69) is 40.2 Å². The number of aromatic nitrogens is 2. The van der Waals surface area contributed by atoms with Crippen molar-refractivity contribution in [2.45, 2.75) is 26.2 Å². The van der Waals surface area contributed by atoms with Crippen LogP contribution in [0.5, 0.6) is 0 Å². The van der Waals surface area contributed by atoms with Gasteiger partial charge in [0.25, 0.3) is 0 Å². The number of thiophene rings is 1. The van der Waals surface area contributed by atoms with Gasteiger partial charge >= 0.3 is 0 Å². The van der Waals surface area contributed by atoms with Gasteiger partial charge in [-0.2, -0.15) is 0 Å². The number of nitrogens with one attached hydrogen (secondary N) is 1. The lowest BCUT2D eigenvalue weighted by molar-refractivity contribution is 0.215. The van der Waals surface area contributed by atoms with Crippen molar-refractivity contribution in [2.24, 2.45) is 5.92 Å². The summed E-state index contributed by atoms with van der Waals surface area (Å²) in [6.07, 6.45) is 3.80. The van der Waals surface area contributed by atoms with Crippen LogP contribution in [0.1, 0.15) is 24.1 Å². The lowest BCUT2D eigenvalue weighted by Gasteiger charge is -2.28. The summed E-state index contributed by atoms with van der Waals surface area (Å²) >= 11 is 7.68. The van der Waals surface area contributed by atoms with Gasteiger partial charge in [-0.15, -0.1) is 11.3 Å². The van der Waals surface area contributed by atoms with Gasteiger partial charge in [0.05, 0.1) is 5.39 Å². The summed E-state index contributed by atoms with van der Waals surface area (Å²) in [5, 5.41) is 4.87. The molecule has 1 aliphatic heterocycles. The van der Waals surface area contributed by atoms with Crippen molar-refractivity contribution in [2.75, 3.05) is 32.0 Å². The highest BCUT2D eigenvalue weighted by Crippen LogP contribution is 2.29. The first kappa shape index (κ1) is 15.0. The molecule has 0 radical (unpaired) electrons. The number of aryl methyl sites for hydroxylation is 1. The Labute approximate surface area is 134 Å². The summed E-state index contributed by atoms with van der Waals surface area (Å²) in [7, 11) is 2.20. The van der Waals surface area contributed by atoms with Crippen LogP contribution >= 0.6 is 22.9 Å². The number of halogens is 1. The Morgan fingerprint density at radius 1 is 1.38 bits per heavy atom. The molecule has 0 aromatic carbocycles. The number of piperidine rings is 1. The largest absolute Gasteiger partial charge is 0.369 e. The summed E-state index contributed by atoms with van der Waals surface area (Å²) in [6.45, 7) is 5.48. The molecular weight excluding hydrogens is 304 g/mol. The minimum Gasteiger partial charge on any atom is -0.369 e. The molecule has 1 aliphatic rings. The highest BCUT2D eigenvalue weighted by Gasteiger charge is 2.16. The van der Waals surface area contributed by atoms with Crippen LogP contribution in [-0.4, -0.2) is 41.5 Å². The third kappa shape index (κ3) is 3.65. The topological polar surface area (TPSA) is 41.0 Å². The number of anilines is 1. The van der Waals surface area contributed by atoms with E-state index in [1.54, 1.807) is 11.3 Å². The van der Waals surface area contributed by atoms with Crippen LogP contribution in [0.4, 0.5) is 5.82 Å². The quantitative estimate of drug-likeness (QED) is 0.869. The molecule has 0 spiro atoms. The predicted octanol–water partition coefficient (Wildman–Crippen LogP) is 3.80. The Kier molecular flexibility index (Phi) is 4.62. The molecule has 0 unspecified atom stereocenters. The highest BCUT2D eigenvalue weighted by atomic mass is 35.5. The molecule has 0 saturated carbocycles. The van der Waals surface area contributed by atoms with Crippen molar-refractivity contribution in [1.82, 2.24) is 14.9 Å². The average Bonchev–Trinajstić information content (AvgIpc) is 2.81. The standard InChI is InChI=1S/C15H21ClN4S/c1-10-9-12-13(18-15(16)19-14(12)21-10)17-6-3-11-4-7-20(2)8-5-11/h9,11H,3-8H2,1-2H3,(H,17,18,19). The van der Waals surface area contributed by atoms with E-state index in [-0.39, 0.29) is 0 Å². The zero-order valence-electron chi connectivity index (χ0n) is 12.5. The second kappa shape index (κ2) is 6.46. The predicted molar refractivity (Wildman–Crippen MR) is 90.5 cm³/mol. The average molecular weight is 325 g/mol. The van der Waals surface area contributed by atoms with Crippen LogP contribution in [0, 0.1) is 12.8 Å². The monoisotopic (exact) mass is 324 g/mol. The summed E-state index contributed by atoms with van der Waals surface area (Å²) < 4.78 is 0. The van der Waals surface area contributed by atoms with E-state index >= 15 is 0 Å². The van der Waals surface area contributed by atoms with Crippen molar-refractivity contribution in [3.63, 3.8) is 0 Å². The summed E-state index contributed by atoms with van der Waals surface area (Å²) in [4.78, 5) is 13.3. The van der Waals surface area contributed by atoms with Crippen LogP contribution in [-0.2, 0) is 0 Å². The van der Waals surface area contributed by atoms with E-state index in [1.807, 2.05) is 0 Å². The van der Waals surface area contributed by atoms with Crippen LogP contribution < -0.4 is 5.32 Å². The number of nitrogens with zero attached hydrogens (tertiary/aromatic N) is 3. The van der Waals surface area contributed by atoms with E-state index < -0.39 is 0 Å². The number of hydrogen-bond donors (Lipinski definition) is 1. The van der Waals surface area contributed by atoms with Crippen LogP contribution in [0.15, 0.2) is 6.07 Å². The first-order chi connectivity index (χ1) is 10.1. The number of hydrogen-bond acceptors (Lipinski definition) is 5. The SMILES string of the molecule is Cc1cc2c(NCCC3CCN(C)CC3)nc(Cl)nc2s1. The Morgan fingerprint density at radius 2 is 2.14 bits per heavy atom. The minimum atomic E-state index is 0.325. The van der Waals surface area contributed by atoms with Crippen molar-refractivity contribution >= 4 is 39.0 Å². The van der Waals surface area contributed by atoms with E-state index in [4.69, 9.17) is 11.6 Å². The van der Waals surface area contributed by atoms with Crippen LogP contribution in [0.3, 0.4) is 0 Å². The van der Waals surface area contributed by atoms with Crippen molar-refractivity contribution in [3.8, 4) is 0 Å². The Balaban J connectivity index is 1.62. The maximum atomic E-state index is 6.02. The maximum Gasteiger partial charge on any atom is 0.225 e. The maximum absolute atomic E-state index is 6.02. The molecule has 1 fully saturated rings. The highest BCUT2D eigenvalue weighted by molar-refractivity contribution is 7.18. The normalized spacial score (nSPS) is 17.5. The zero-order valence-corrected chi connectivity index (χ0v) is 14.1. The first-order valence-electron chi connectivity index (χ1n) is 7.48. The zero-order chi connectivity index (χ0) is 14.8. The molecule has 2 aromatic rings. The lowest BCUT2D eigenvalue weighted by Crippen LogP contribution is -2.30. The van der Waals surface area contributed by atoms with E-state index in [0.29, 0.717) is 5.28 Å². The van der Waals surface area contributed by atoms with Gasteiger partial charge in [-0.25, -0.2) is 9.97 Å². The van der Waals surface area contributed by atoms with Gasteiger partial charge in [-0.3, -0.25) is 0 Å². The second-order valence-electron chi connectivity index (χ2n) is 5.88. The van der Waals surface area contributed by atoms with Crippen LogP contribution in [0.25, 0.3) is 10.2 Å². The molecule has 1 N–H and O–H groups in total. The van der Waals surface area contributed by atoms with Gasteiger partial charge in [-0.05, 0) is 69.9 Å². The molecule has 21 heavy (non-hydrogen) atoms. The minimum absolute atomic E-state index is 0.325. The summed E-state index contributed by atoms with van der Waals surface area (Å²) in [5.74, 6) is 1.70. The molecule has 3 heterocycles. The van der Waals surface area contributed by atoms with Gasteiger partial charge in [0.15, 0.2) is 0 Å². The fourth-order valence-corrected chi connectivity index (χ4v) is 3.99. The smallest absolute Gasteiger partial charge is 0.225 e. The molecule has 6 heteroatoms. The van der Waals surface area contributed by atoms with Crippen molar-refractivity contribution in [3.05, 3.63) is 16.2 Å². The number of fused-ring (bicyclic) bond motifs is 1. The third-order valence-electron chi connectivity index (χ3n) is 4.17. The van der Waals surface area contributed by atoms with Gasteiger partial charge in [0.1, 0.15) is 10.6 Å². The van der Waals surface area contributed by atoms with Gasteiger partial charge < -0.3 is 10.2 Å². The molecule has 0 amide bonds. The molecule has 3 rings (SSSR count). The van der Waals surface area contributed by atoms with E-state index in [1.165, 1.54) is 37.2 Å². The molecule has 114 valence electrons. The second-order valence-corrected chi connectivity index (χ2v) is 7.45. The first-order valence-corrected chi connectivity index (χ1v) is 8.67. The molecule has 0 atom stereocenters. The fraction of sp³-hybridized carbons (Fsp3) is 0.600. The summed E-state index contributed by atoms with van der Waals surface area (Å²) in [6, 6.07) is 2.13. The summed E-state index contributed by atoms with van der Waals surface area (Å²) in [5.41, 5.74) is 0. The van der Waals surface area contributed by atoms with E-state index in [9.17, 15) is 0 Å². The molecule has 0 bridgehead atoms. The molecule has 1 saturated heterocycles. The fourth-order valence-electron chi connectivity index (χ4n) is 2.90. The third-order valence-corrected chi connectivity index (χ3v) is 5.29. The van der Waals surface area contributed by atoms with Crippen LogP contribution in [0.2, 0.25) is 5.28 Å². The number of rotatable bonds is 4. The molecule has 4 nitrogen and oxygen atoms in total. The Morgan fingerprint density at radius 3 is 2.90 bits per heavy atom. The molecule has 0 aliphatic carbocycles. The van der Waals surface area contributed by atoms with Crippen molar-refractivity contribution in [1.29, 1.82) is 0 Å². The Bertz CT molecular complexity index is 619. The Hall–Kier alpha value is -0.910. The lowest BCUT2D eigenvalue weighted by atomic mass is 9.94. The van der Waals surface area contributed by atoms with E-state index in [0.717, 1.165) is 28.5 Å². The molecular formula is C15H21ClN4S. The van der Waals surface area contributed by atoms with Gasteiger partial charge in [-0.1, -0.05) is 0 Å². The number of likely N-dealkylation sites (tertiary alicyclic amines) is 1. The van der Waals surface area contributed by atoms with Gasteiger partial charge in [0.2, 0.25) is 5.28 Å². The molecule has 2 aromatic heterocycles. The van der Waals surface area contributed by atoms with Gasteiger partial charge in [0, 0.05) is 11.4 Å².